The van der Waals surface area contributed by atoms with Crippen molar-refractivity contribution in [2.45, 2.75) is 4.90 Å². The number of ether oxygens (including phenoxy) is 1. The van der Waals surface area contributed by atoms with Crippen LogP contribution in [0.4, 0.5) is 0 Å². The Morgan fingerprint density at radius 1 is 1.06 bits per heavy atom. The van der Waals surface area contributed by atoms with E-state index in [9.17, 15) is 13.6 Å². The standard InChI is InChI=1S/C13H10O4S/c14-9-10-2-1-3-12(8-10)17-11-4-6-13(7-5-11)18(15)16/h1-9H,(H,15,16)/p-1. The van der Waals surface area contributed by atoms with Crippen LogP contribution in [-0.2, 0) is 11.1 Å². The molecule has 0 spiro atoms. The van der Waals surface area contributed by atoms with Crippen molar-refractivity contribution in [3.63, 3.8) is 0 Å². The second kappa shape index (κ2) is 5.57. The van der Waals surface area contributed by atoms with E-state index in [1.165, 1.54) is 12.1 Å². The highest BCUT2D eigenvalue weighted by molar-refractivity contribution is 7.79. The minimum Gasteiger partial charge on any atom is -0.768 e. The first kappa shape index (κ1) is 12.5. The first-order valence-corrected chi connectivity index (χ1v) is 6.19. The maximum atomic E-state index is 10.7. The van der Waals surface area contributed by atoms with Gasteiger partial charge in [-0.2, -0.15) is 0 Å². The van der Waals surface area contributed by atoms with Gasteiger partial charge >= 0.3 is 0 Å². The normalized spacial score (nSPS) is 11.8. The third kappa shape index (κ3) is 3.03. The summed E-state index contributed by atoms with van der Waals surface area (Å²) in [7, 11) is 0. The quantitative estimate of drug-likeness (QED) is 0.626. The van der Waals surface area contributed by atoms with Crippen LogP contribution in [0.3, 0.4) is 0 Å². The molecule has 2 aromatic carbocycles. The topological polar surface area (TPSA) is 66.4 Å². The van der Waals surface area contributed by atoms with Crippen LogP contribution in [0, 0.1) is 0 Å². The second-order valence-corrected chi connectivity index (χ2v) is 4.44. The zero-order valence-corrected chi connectivity index (χ0v) is 10.1. The monoisotopic (exact) mass is 261 g/mol. The Labute approximate surface area is 107 Å². The first-order valence-electron chi connectivity index (χ1n) is 5.11. The number of aldehydes is 1. The molecule has 2 aromatic rings. The zero-order chi connectivity index (χ0) is 13.0. The summed E-state index contributed by atoms with van der Waals surface area (Å²) in [4.78, 5) is 10.8. The number of benzene rings is 2. The summed E-state index contributed by atoms with van der Waals surface area (Å²) >= 11 is -2.24. The number of carbonyl (C=O) groups excluding carboxylic acids is 1. The average Bonchev–Trinajstić information content (AvgIpc) is 2.39. The molecule has 0 fully saturated rings. The summed E-state index contributed by atoms with van der Waals surface area (Å²) < 4.78 is 26.8. The largest absolute Gasteiger partial charge is 0.768 e. The Balaban J connectivity index is 2.17. The van der Waals surface area contributed by atoms with E-state index in [1.54, 1.807) is 36.4 Å². The molecule has 5 heteroatoms. The lowest BCUT2D eigenvalue weighted by atomic mass is 10.2. The fraction of sp³-hybridized carbons (Fsp3) is 0. The molecule has 0 aliphatic rings. The van der Waals surface area contributed by atoms with Crippen molar-refractivity contribution in [3.8, 4) is 11.5 Å². The van der Waals surface area contributed by atoms with Crippen LogP contribution in [0.1, 0.15) is 10.4 Å². The molecule has 0 N–H and O–H groups in total. The minimum atomic E-state index is -2.24. The lowest BCUT2D eigenvalue weighted by Gasteiger charge is -2.08. The third-order valence-electron chi connectivity index (χ3n) is 2.25. The van der Waals surface area contributed by atoms with Gasteiger partial charge < -0.3 is 9.29 Å². The van der Waals surface area contributed by atoms with Crippen LogP contribution in [0.15, 0.2) is 53.4 Å². The smallest absolute Gasteiger partial charge is 0.150 e. The Hall–Kier alpha value is -1.98. The minimum absolute atomic E-state index is 0.198. The summed E-state index contributed by atoms with van der Waals surface area (Å²) in [5, 5.41) is 0. The van der Waals surface area contributed by atoms with Gasteiger partial charge in [-0.1, -0.05) is 12.1 Å². The van der Waals surface area contributed by atoms with E-state index in [0.717, 1.165) is 6.29 Å². The summed E-state index contributed by atoms with van der Waals surface area (Å²) in [6.07, 6.45) is 0.733. The molecule has 0 saturated carbocycles. The molecule has 0 heterocycles. The van der Waals surface area contributed by atoms with Gasteiger partial charge in [-0.25, -0.2) is 0 Å². The summed E-state index contributed by atoms with van der Waals surface area (Å²) in [5.41, 5.74) is 0.518. The third-order valence-corrected chi connectivity index (χ3v) is 2.90. The Morgan fingerprint density at radius 2 is 1.78 bits per heavy atom. The van der Waals surface area contributed by atoms with Gasteiger partial charge in [0.15, 0.2) is 0 Å². The van der Waals surface area contributed by atoms with Gasteiger partial charge in [0.05, 0.1) is 0 Å². The SMILES string of the molecule is O=Cc1cccc(Oc2ccc(S(=O)[O-])cc2)c1. The molecule has 4 nitrogen and oxygen atoms in total. The van der Waals surface area contributed by atoms with Gasteiger partial charge in [-0.3, -0.25) is 9.00 Å². The molecular weight excluding hydrogens is 252 g/mol. The van der Waals surface area contributed by atoms with Crippen molar-refractivity contribution in [1.82, 2.24) is 0 Å². The van der Waals surface area contributed by atoms with Crippen molar-refractivity contribution < 1.29 is 18.3 Å². The van der Waals surface area contributed by atoms with Gasteiger partial charge in [0, 0.05) is 10.5 Å². The highest BCUT2D eigenvalue weighted by Crippen LogP contribution is 2.22. The number of hydrogen-bond acceptors (Lipinski definition) is 4. The molecule has 92 valence electrons. The van der Waals surface area contributed by atoms with Crippen LogP contribution in [-0.4, -0.2) is 15.0 Å². The van der Waals surface area contributed by atoms with Gasteiger partial charge in [-0.15, -0.1) is 0 Å². The fourth-order valence-corrected chi connectivity index (χ4v) is 1.76. The molecule has 0 aliphatic carbocycles. The lowest BCUT2D eigenvalue weighted by molar-refractivity contribution is 0.112. The van der Waals surface area contributed by atoms with Crippen LogP contribution in [0.2, 0.25) is 0 Å². The molecule has 18 heavy (non-hydrogen) atoms. The summed E-state index contributed by atoms with van der Waals surface area (Å²) in [6, 6.07) is 12.7. The molecule has 0 aromatic heterocycles. The molecular formula is C13H9O4S-. The van der Waals surface area contributed by atoms with E-state index in [4.69, 9.17) is 4.74 Å². The Morgan fingerprint density at radius 3 is 2.39 bits per heavy atom. The van der Waals surface area contributed by atoms with Gasteiger partial charge in [0.2, 0.25) is 0 Å². The molecule has 0 radical (unpaired) electrons. The van der Waals surface area contributed by atoms with E-state index in [0.29, 0.717) is 17.1 Å². The predicted molar refractivity (Wildman–Crippen MR) is 65.5 cm³/mol. The Kier molecular flexibility index (Phi) is 3.86. The van der Waals surface area contributed by atoms with Crippen molar-refractivity contribution >= 4 is 17.4 Å². The summed E-state index contributed by atoms with van der Waals surface area (Å²) in [6.45, 7) is 0. The van der Waals surface area contributed by atoms with E-state index >= 15 is 0 Å². The molecule has 1 unspecified atom stereocenters. The van der Waals surface area contributed by atoms with Crippen molar-refractivity contribution in [1.29, 1.82) is 0 Å². The first-order chi connectivity index (χ1) is 8.69. The second-order valence-electron chi connectivity index (χ2n) is 3.50. The Bertz CT molecular complexity index is 578. The van der Waals surface area contributed by atoms with Crippen molar-refractivity contribution in [3.05, 3.63) is 54.1 Å². The van der Waals surface area contributed by atoms with E-state index in [-0.39, 0.29) is 4.90 Å². The van der Waals surface area contributed by atoms with Crippen LogP contribution in [0.5, 0.6) is 11.5 Å². The maximum Gasteiger partial charge on any atom is 0.150 e. The predicted octanol–water partition coefficient (Wildman–Crippen LogP) is 2.53. The number of rotatable bonds is 4. The number of carbonyl (C=O) groups is 1. The van der Waals surface area contributed by atoms with E-state index in [2.05, 4.69) is 0 Å². The fourth-order valence-electron chi connectivity index (χ4n) is 1.41. The van der Waals surface area contributed by atoms with Gasteiger partial charge in [0.25, 0.3) is 0 Å². The number of hydrogen-bond donors (Lipinski definition) is 0. The van der Waals surface area contributed by atoms with E-state index < -0.39 is 11.1 Å². The van der Waals surface area contributed by atoms with Crippen LogP contribution in [0.25, 0.3) is 0 Å². The summed E-state index contributed by atoms with van der Waals surface area (Å²) in [5.74, 6) is 1.03. The lowest BCUT2D eigenvalue weighted by Crippen LogP contribution is -1.89. The highest BCUT2D eigenvalue weighted by Gasteiger charge is 1.99. The maximum absolute atomic E-state index is 10.7. The van der Waals surface area contributed by atoms with Crippen molar-refractivity contribution in [2.24, 2.45) is 0 Å². The van der Waals surface area contributed by atoms with E-state index in [1.807, 2.05) is 0 Å². The molecule has 0 aliphatic heterocycles. The molecule has 0 saturated heterocycles. The molecule has 1 atom stereocenters. The molecule has 2 rings (SSSR count). The highest BCUT2D eigenvalue weighted by atomic mass is 32.2. The van der Waals surface area contributed by atoms with Crippen LogP contribution >= 0.6 is 0 Å². The van der Waals surface area contributed by atoms with Crippen molar-refractivity contribution in [2.75, 3.05) is 0 Å². The van der Waals surface area contributed by atoms with Gasteiger partial charge in [-0.05, 0) is 47.5 Å². The average molecular weight is 261 g/mol. The molecule has 0 amide bonds. The zero-order valence-electron chi connectivity index (χ0n) is 9.24. The molecule has 0 bridgehead atoms. The van der Waals surface area contributed by atoms with Gasteiger partial charge in [0.1, 0.15) is 17.8 Å². The van der Waals surface area contributed by atoms with Crippen LogP contribution < -0.4 is 4.74 Å².